The fraction of sp³-hybridized carbons (Fsp3) is 0.611. The van der Waals surface area contributed by atoms with Crippen LogP contribution in [0.15, 0.2) is 29.3 Å². The lowest BCUT2D eigenvalue weighted by Gasteiger charge is -2.31. The molecule has 0 saturated carbocycles. The van der Waals surface area contributed by atoms with E-state index in [1.807, 2.05) is 6.92 Å². The van der Waals surface area contributed by atoms with Crippen molar-refractivity contribution in [2.75, 3.05) is 33.4 Å². The Balaban J connectivity index is 1.87. The number of morpholine rings is 1. The van der Waals surface area contributed by atoms with Crippen molar-refractivity contribution in [2.45, 2.75) is 39.1 Å². The fourth-order valence-electron chi connectivity index (χ4n) is 2.88. The zero-order valence-corrected chi connectivity index (χ0v) is 15.0. The van der Waals surface area contributed by atoms with Gasteiger partial charge >= 0.3 is 0 Å². The van der Waals surface area contributed by atoms with Crippen molar-refractivity contribution in [2.24, 2.45) is 10.7 Å². The van der Waals surface area contributed by atoms with E-state index in [1.54, 1.807) is 7.11 Å². The number of hydrogen-bond acceptors (Lipinski definition) is 4. The molecule has 1 heterocycles. The van der Waals surface area contributed by atoms with E-state index in [-0.39, 0.29) is 6.04 Å². The molecule has 1 aromatic rings. The topological polar surface area (TPSA) is 72.1 Å². The summed E-state index contributed by atoms with van der Waals surface area (Å²) in [4.78, 5) is 6.84. The lowest BCUT2D eigenvalue weighted by atomic mass is 10.1. The second kappa shape index (κ2) is 9.61. The summed E-state index contributed by atoms with van der Waals surface area (Å²) < 4.78 is 10.7. The minimum absolute atomic E-state index is 0.147. The Morgan fingerprint density at radius 2 is 2.29 bits per heavy atom. The molecule has 0 bridgehead atoms. The summed E-state index contributed by atoms with van der Waals surface area (Å²) in [7, 11) is 1.67. The van der Waals surface area contributed by atoms with Gasteiger partial charge in [0, 0.05) is 32.8 Å². The van der Waals surface area contributed by atoms with Crippen molar-refractivity contribution >= 4 is 5.96 Å². The van der Waals surface area contributed by atoms with Crippen LogP contribution in [0.5, 0.6) is 0 Å². The summed E-state index contributed by atoms with van der Waals surface area (Å²) in [6.45, 7) is 9.04. The molecular weight excluding hydrogens is 304 g/mol. The predicted molar refractivity (Wildman–Crippen MR) is 96.9 cm³/mol. The molecule has 2 atom stereocenters. The molecule has 2 rings (SSSR count). The van der Waals surface area contributed by atoms with Crippen molar-refractivity contribution < 1.29 is 9.47 Å². The van der Waals surface area contributed by atoms with Crippen LogP contribution in [-0.2, 0) is 22.6 Å². The van der Waals surface area contributed by atoms with E-state index in [1.165, 1.54) is 5.56 Å². The van der Waals surface area contributed by atoms with Gasteiger partial charge in [-0.25, -0.2) is 4.99 Å². The molecular formula is C18H30N4O2. The molecule has 24 heavy (non-hydrogen) atoms. The van der Waals surface area contributed by atoms with Crippen LogP contribution in [0.25, 0.3) is 0 Å². The van der Waals surface area contributed by atoms with E-state index in [0.717, 1.165) is 31.8 Å². The monoisotopic (exact) mass is 334 g/mol. The third kappa shape index (κ3) is 6.47. The first-order valence-electron chi connectivity index (χ1n) is 8.54. The number of nitrogens with one attached hydrogen (secondary N) is 1. The molecule has 0 aliphatic carbocycles. The normalized spacial score (nSPS) is 20.8. The molecule has 1 fully saturated rings. The van der Waals surface area contributed by atoms with E-state index >= 15 is 0 Å². The maximum Gasteiger partial charge on any atom is 0.189 e. The summed E-state index contributed by atoms with van der Waals surface area (Å²) >= 11 is 0. The lowest BCUT2D eigenvalue weighted by molar-refractivity contribution is -0.0212. The molecule has 0 aromatic heterocycles. The van der Waals surface area contributed by atoms with Gasteiger partial charge in [0.15, 0.2) is 5.96 Å². The maximum absolute atomic E-state index is 5.92. The van der Waals surface area contributed by atoms with Gasteiger partial charge < -0.3 is 20.5 Å². The molecule has 0 spiro atoms. The second-order valence-electron chi connectivity index (χ2n) is 6.44. The van der Waals surface area contributed by atoms with Crippen LogP contribution < -0.4 is 11.1 Å². The van der Waals surface area contributed by atoms with Crippen LogP contribution in [0.1, 0.15) is 25.0 Å². The molecule has 1 aliphatic rings. The quantitative estimate of drug-likeness (QED) is 0.582. The maximum atomic E-state index is 5.92. The zero-order chi connectivity index (χ0) is 17.4. The van der Waals surface area contributed by atoms with Gasteiger partial charge in [-0.2, -0.15) is 0 Å². The largest absolute Gasteiger partial charge is 0.383 e. The van der Waals surface area contributed by atoms with Gasteiger partial charge in [0.05, 0.1) is 25.9 Å². The molecule has 6 nitrogen and oxygen atoms in total. The van der Waals surface area contributed by atoms with E-state index in [2.05, 4.69) is 46.4 Å². The van der Waals surface area contributed by atoms with E-state index < -0.39 is 0 Å². The van der Waals surface area contributed by atoms with Crippen LogP contribution in [0.3, 0.4) is 0 Å². The number of hydrogen-bond donors (Lipinski definition) is 2. The third-order valence-electron chi connectivity index (χ3n) is 3.97. The molecule has 2 unspecified atom stereocenters. The zero-order valence-electron chi connectivity index (χ0n) is 15.0. The van der Waals surface area contributed by atoms with Gasteiger partial charge in [-0.1, -0.05) is 24.3 Å². The molecule has 1 aromatic carbocycles. The molecule has 1 saturated heterocycles. The first-order chi connectivity index (χ1) is 11.6. The van der Waals surface area contributed by atoms with Crippen molar-refractivity contribution in [3.05, 3.63) is 35.4 Å². The van der Waals surface area contributed by atoms with Gasteiger partial charge in [0.2, 0.25) is 0 Å². The summed E-state index contributed by atoms with van der Waals surface area (Å²) in [5.41, 5.74) is 8.38. The summed E-state index contributed by atoms with van der Waals surface area (Å²) in [6.07, 6.45) is 0.312. The highest BCUT2D eigenvalue weighted by Crippen LogP contribution is 2.12. The van der Waals surface area contributed by atoms with Crippen molar-refractivity contribution in [3.63, 3.8) is 0 Å². The average Bonchev–Trinajstić information content (AvgIpc) is 2.53. The number of guanidine groups is 1. The van der Waals surface area contributed by atoms with E-state index in [9.17, 15) is 0 Å². The van der Waals surface area contributed by atoms with Gasteiger partial charge in [-0.05, 0) is 25.0 Å². The molecule has 6 heteroatoms. The van der Waals surface area contributed by atoms with Gasteiger partial charge in [-0.15, -0.1) is 0 Å². The number of rotatable bonds is 7. The molecule has 134 valence electrons. The van der Waals surface area contributed by atoms with E-state index in [4.69, 9.17) is 15.2 Å². The highest BCUT2D eigenvalue weighted by Gasteiger charge is 2.16. The number of aliphatic imine (C=N–C) groups is 1. The van der Waals surface area contributed by atoms with Crippen LogP contribution in [-0.4, -0.2) is 56.4 Å². The Labute approximate surface area is 145 Å². The first-order valence-corrected chi connectivity index (χ1v) is 8.54. The Morgan fingerprint density at radius 1 is 1.50 bits per heavy atom. The highest BCUT2D eigenvalue weighted by molar-refractivity contribution is 5.78. The van der Waals surface area contributed by atoms with Crippen molar-refractivity contribution in [3.8, 4) is 0 Å². The fourth-order valence-corrected chi connectivity index (χ4v) is 2.88. The Morgan fingerprint density at radius 3 is 3.04 bits per heavy atom. The minimum atomic E-state index is 0.147. The summed E-state index contributed by atoms with van der Waals surface area (Å²) in [5.74, 6) is 0.451. The number of benzene rings is 1. The molecule has 0 radical (unpaired) electrons. The number of nitrogens with zero attached hydrogens (tertiary/aromatic N) is 2. The Bertz CT molecular complexity index is 536. The van der Waals surface area contributed by atoms with Crippen LogP contribution in [0, 0.1) is 0 Å². The predicted octanol–water partition coefficient (Wildman–Crippen LogP) is 1.35. The van der Waals surface area contributed by atoms with Gasteiger partial charge in [0.25, 0.3) is 0 Å². The number of ether oxygens (including phenoxy) is 2. The van der Waals surface area contributed by atoms with Crippen LogP contribution >= 0.6 is 0 Å². The minimum Gasteiger partial charge on any atom is -0.383 e. The van der Waals surface area contributed by atoms with Crippen LogP contribution in [0.4, 0.5) is 0 Å². The summed E-state index contributed by atoms with van der Waals surface area (Å²) in [5, 5.41) is 3.12. The SMILES string of the molecule is COCC(C)NC(N)=NCc1cccc(CN2CCOC(C)C2)c1. The molecule has 0 amide bonds. The first kappa shape index (κ1) is 18.7. The molecule has 3 N–H and O–H groups in total. The van der Waals surface area contributed by atoms with Crippen molar-refractivity contribution in [1.82, 2.24) is 10.2 Å². The third-order valence-corrected chi connectivity index (χ3v) is 3.97. The Hall–Kier alpha value is -1.63. The van der Waals surface area contributed by atoms with Crippen molar-refractivity contribution in [1.29, 1.82) is 0 Å². The smallest absolute Gasteiger partial charge is 0.189 e. The summed E-state index contributed by atoms with van der Waals surface area (Å²) in [6, 6.07) is 8.68. The van der Waals surface area contributed by atoms with Gasteiger partial charge in [-0.3, -0.25) is 4.90 Å². The van der Waals surface area contributed by atoms with E-state index in [0.29, 0.717) is 25.2 Å². The lowest BCUT2D eigenvalue weighted by Crippen LogP contribution is -2.40. The molecule has 1 aliphatic heterocycles. The van der Waals surface area contributed by atoms with Crippen LogP contribution in [0.2, 0.25) is 0 Å². The second-order valence-corrected chi connectivity index (χ2v) is 6.44. The number of nitrogens with two attached hydrogens (primary N) is 1. The number of methoxy groups -OCH3 is 1. The van der Waals surface area contributed by atoms with Gasteiger partial charge in [0.1, 0.15) is 0 Å². The highest BCUT2D eigenvalue weighted by atomic mass is 16.5. The average molecular weight is 334 g/mol. The Kier molecular flexibility index (Phi) is 7.49. The standard InChI is InChI=1S/C18H30N4O2/c1-14(13-23-3)21-18(19)20-10-16-5-4-6-17(9-16)12-22-7-8-24-15(2)11-22/h4-6,9,14-15H,7-8,10-13H2,1-3H3,(H3,19,20,21).